The number of ether oxygens (including phenoxy) is 4. The van der Waals surface area contributed by atoms with Crippen molar-refractivity contribution in [3.8, 4) is 11.5 Å². The Bertz CT molecular complexity index is 998. The van der Waals surface area contributed by atoms with Gasteiger partial charge in [-0.3, -0.25) is 0 Å². The van der Waals surface area contributed by atoms with E-state index < -0.39 is 11.9 Å². The van der Waals surface area contributed by atoms with Crippen molar-refractivity contribution in [2.45, 2.75) is 13.3 Å². The molecule has 0 aromatic heterocycles. The van der Waals surface area contributed by atoms with Crippen molar-refractivity contribution in [2.24, 2.45) is 0 Å². The molecule has 32 heavy (non-hydrogen) atoms. The Balaban J connectivity index is 1.56. The molecule has 0 aliphatic heterocycles. The van der Waals surface area contributed by atoms with E-state index in [0.29, 0.717) is 37.6 Å². The topological polar surface area (TPSA) is 71.1 Å². The Labute approximate surface area is 187 Å². The molecule has 0 radical (unpaired) electrons. The summed E-state index contributed by atoms with van der Waals surface area (Å²) in [5.74, 6) is -0.333. The molecule has 0 aliphatic rings. The summed E-state index contributed by atoms with van der Waals surface area (Å²) in [6, 6.07) is 22.9. The fourth-order valence-electron chi connectivity index (χ4n) is 2.92. The highest BCUT2D eigenvalue weighted by atomic mass is 16.5. The molecule has 0 unspecified atom stereocenters. The van der Waals surface area contributed by atoms with Crippen LogP contribution in [0.1, 0.15) is 33.2 Å². The van der Waals surface area contributed by atoms with Crippen molar-refractivity contribution in [1.82, 2.24) is 0 Å². The molecular weight excluding hydrogens is 408 g/mol. The first kappa shape index (κ1) is 23.0. The van der Waals surface area contributed by atoms with Crippen LogP contribution in [0.15, 0.2) is 78.9 Å². The normalized spacial score (nSPS) is 10.4. The van der Waals surface area contributed by atoms with E-state index in [1.165, 1.54) is 0 Å². The van der Waals surface area contributed by atoms with E-state index in [1.807, 2.05) is 37.3 Å². The van der Waals surface area contributed by atoms with Gasteiger partial charge in [-0.05, 0) is 48.9 Å². The van der Waals surface area contributed by atoms with Gasteiger partial charge in [0.15, 0.2) is 0 Å². The molecule has 0 aliphatic carbocycles. The molecule has 0 fully saturated rings. The zero-order valence-corrected chi connectivity index (χ0v) is 18.0. The first-order valence-electron chi connectivity index (χ1n) is 10.5. The molecule has 0 amide bonds. The third kappa shape index (κ3) is 6.96. The van der Waals surface area contributed by atoms with Gasteiger partial charge >= 0.3 is 11.9 Å². The summed E-state index contributed by atoms with van der Waals surface area (Å²) >= 11 is 0. The van der Waals surface area contributed by atoms with Gasteiger partial charge in [0, 0.05) is 13.0 Å². The molecule has 0 saturated carbocycles. The van der Waals surface area contributed by atoms with Gasteiger partial charge in [-0.1, -0.05) is 42.5 Å². The number of carbonyl (C=O) groups excluding carboxylic acids is 2. The summed E-state index contributed by atoms with van der Waals surface area (Å²) in [4.78, 5) is 25.1. The minimum atomic E-state index is -0.574. The zero-order valence-electron chi connectivity index (χ0n) is 18.0. The maximum Gasteiger partial charge on any atom is 0.343 e. The van der Waals surface area contributed by atoms with Crippen LogP contribution in [0.4, 0.5) is 0 Å². The average molecular weight is 434 g/mol. The molecule has 3 aromatic rings. The number of hydrogen-bond acceptors (Lipinski definition) is 6. The van der Waals surface area contributed by atoms with Crippen LogP contribution < -0.4 is 9.47 Å². The lowest BCUT2D eigenvalue weighted by Crippen LogP contribution is -2.14. The highest BCUT2D eigenvalue weighted by Crippen LogP contribution is 2.21. The van der Waals surface area contributed by atoms with Gasteiger partial charge < -0.3 is 18.9 Å². The number of carbonyl (C=O) groups is 2. The number of esters is 2. The van der Waals surface area contributed by atoms with Gasteiger partial charge in [-0.15, -0.1) is 0 Å². The summed E-state index contributed by atoms with van der Waals surface area (Å²) in [6.07, 6.45) is 0.605. The van der Waals surface area contributed by atoms with E-state index in [4.69, 9.17) is 18.9 Å². The molecule has 0 N–H and O–H groups in total. The van der Waals surface area contributed by atoms with Crippen LogP contribution in [-0.2, 0) is 15.9 Å². The second-order valence-corrected chi connectivity index (χ2v) is 6.83. The van der Waals surface area contributed by atoms with E-state index in [1.54, 1.807) is 48.5 Å². The average Bonchev–Trinajstić information content (AvgIpc) is 2.83. The summed E-state index contributed by atoms with van der Waals surface area (Å²) in [5, 5.41) is 0. The van der Waals surface area contributed by atoms with Gasteiger partial charge in [0.1, 0.15) is 23.7 Å². The molecule has 6 nitrogen and oxygen atoms in total. The van der Waals surface area contributed by atoms with Crippen molar-refractivity contribution in [2.75, 3.05) is 26.4 Å². The number of benzene rings is 3. The van der Waals surface area contributed by atoms with Gasteiger partial charge in [-0.2, -0.15) is 0 Å². The summed E-state index contributed by atoms with van der Waals surface area (Å²) in [6.45, 7) is 3.71. The van der Waals surface area contributed by atoms with Gasteiger partial charge in [0.05, 0.1) is 18.8 Å². The van der Waals surface area contributed by atoms with Gasteiger partial charge in [-0.25, -0.2) is 9.59 Å². The quantitative estimate of drug-likeness (QED) is 0.247. The Morgan fingerprint density at radius 3 is 2.22 bits per heavy atom. The van der Waals surface area contributed by atoms with Crippen LogP contribution in [0.25, 0.3) is 0 Å². The molecule has 0 bridgehead atoms. The molecule has 3 aromatic carbocycles. The monoisotopic (exact) mass is 434 g/mol. The van der Waals surface area contributed by atoms with Gasteiger partial charge in [0.2, 0.25) is 0 Å². The van der Waals surface area contributed by atoms with Crippen molar-refractivity contribution < 1.29 is 28.5 Å². The lowest BCUT2D eigenvalue weighted by atomic mass is 10.1. The SMILES string of the molecule is CCOCCOc1ccc(C(=O)Oc2ccccc2C(=O)OCCc2ccccc2)cc1. The predicted molar refractivity (Wildman–Crippen MR) is 120 cm³/mol. The van der Waals surface area contributed by atoms with Crippen LogP contribution in [0.3, 0.4) is 0 Å². The Morgan fingerprint density at radius 2 is 1.47 bits per heavy atom. The second kappa shape index (κ2) is 12.3. The fraction of sp³-hybridized carbons (Fsp3) is 0.231. The number of para-hydroxylation sites is 1. The minimum absolute atomic E-state index is 0.152. The van der Waals surface area contributed by atoms with E-state index in [2.05, 4.69) is 0 Å². The molecule has 0 atom stereocenters. The third-order valence-corrected chi connectivity index (χ3v) is 4.57. The maximum atomic E-state index is 12.6. The van der Waals surface area contributed by atoms with E-state index >= 15 is 0 Å². The molecule has 3 rings (SSSR count). The number of rotatable bonds is 11. The first-order valence-corrected chi connectivity index (χ1v) is 10.5. The Morgan fingerprint density at radius 1 is 0.750 bits per heavy atom. The van der Waals surface area contributed by atoms with Crippen molar-refractivity contribution in [3.05, 3.63) is 95.6 Å². The lowest BCUT2D eigenvalue weighted by molar-refractivity contribution is 0.0504. The van der Waals surface area contributed by atoms with Crippen molar-refractivity contribution >= 4 is 11.9 Å². The largest absolute Gasteiger partial charge is 0.491 e. The zero-order chi connectivity index (χ0) is 22.6. The predicted octanol–water partition coefficient (Wildman–Crippen LogP) is 4.72. The molecule has 0 spiro atoms. The van der Waals surface area contributed by atoms with Crippen LogP contribution in [0.5, 0.6) is 11.5 Å². The highest BCUT2D eigenvalue weighted by molar-refractivity contribution is 5.96. The minimum Gasteiger partial charge on any atom is -0.491 e. The van der Waals surface area contributed by atoms with Gasteiger partial charge in [0.25, 0.3) is 0 Å². The standard InChI is InChI=1S/C26H26O6/c1-2-29-18-19-30-22-14-12-21(13-15-22)25(27)32-24-11-7-6-10-23(24)26(28)31-17-16-20-8-4-3-5-9-20/h3-15H,2,16-19H2,1H3. The first-order chi connectivity index (χ1) is 15.7. The van der Waals surface area contributed by atoms with E-state index in [-0.39, 0.29) is 17.9 Å². The van der Waals surface area contributed by atoms with Crippen LogP contribution in [0, 0.1) is 0 Å². The molecule has 0 heterocycles. The van der Waals surface area contributed by atoms with Crippen molar-refractivity contribution in [1.29, 1.82) is 0 Å². The molecule has 6 heteroatoms. The van der Waals surface area contributed by atoms with Crippen LogP contribution in [0.2, 0.25) is 0 Å². The molecule has 166 valence electrons. The lowest BCUT2D eigenvalue weighted by Gasteiger charge is -2.11. The smallest absolute Gasteiger partial charge is 0.343 e. The van der Waals surface area contributed by atoms with E-state index in [9.17, 15) is 9.59 Å². The molecule has 0 saturated heterocycles. The van der Waals surface area contributed by atoms with E-state index in [0.717, 1.165) is 5.56 Å². The highest BCUT2D eigenvalue weighted by Gasteiger charge is 2.17. The number of hydrogen-bond donors (Lipinski definition) is 0. The van der Waals surface area contributed by atoms with Crippen LogP contribution >= 0.6 is 0 Å². The Hall–Kier alpha value is -3.64. The van der Waals surface area contributed by atoms with Crippen molar-refractivity contribution in [3.63, 3.8) is 0 Å². The maximum absolute atomic E-state index is 12.6. The third-order valence-electron chi connectivity index (χ3n) is 4.57. The summed E-state index contributed by atoms with van der Waals surface area (Å²) < 4.78 is 21.6. The Kier molecular flexibility index (Phi) is 8.83. The summed E-state index contributed by atoms with van der Waals surface area (Å²) in [5.41, 5.74) is 1.62. The molecular formula is C26H26O6. The summed E-state index contributed by atoms with van der Waals surface area (Å²) in [7, 11) is 0. The fourth-order valence-corrected chi connectivity index (χ4v) is 2.92. The second-order valence-electron chi connectivity index (χ2n) is 6.83. The van der Waals surface area contributed by atoms with Crippen LogP contribution in [-0.4, -0.2) is 38.4 Å².